The van der Waals surface area contributed by atoms with E-state index in [1.165, 1.54) is 7.11 Å². The number of aliphatic hydroxyl groups excluding tert-OH is 1. The number of nitrogens with two attached hydrogens (primary N) is 1. The van der Waals surface area contributed by atoms with Gasteiger partial charge in [0.05, 0.1) is 24.0 Å². The van der Waals surface area contributed by atoms with Gasteiger partial charge >= 0.3 is 6.09 Å². The molecule has 10 nitrogen and oxygen atoms in total. The summed E-state index contributed by atoms with van der Waals surface area (Å²) in [7, 11) is -2.32. The van der Waals surface area contributed by atoms with Crippen LogP contribution in [0.5, 0.6) is 0 Å². The first-order valence-corrected chi connectivity index (χ1v) is 13.2. The lowest BCUT2D eigenvalue weighted by Crippen LogP contribution is -2.51. The van der Waals surface area contributed by atoms with Crippen LogP contribution in [0.4, 0.5) is 10.5 Å². The highest BCUT2D eigenvalue weighted by Gasteiger charge is 2.35. The van der Waals surface area contributed by atoms with Crippen molar-refractivity contribution < 1.29 is 27.9 Å². The molecule has 3 atom stereocenters. The Morgan fingerprint density at radius 1 is 1.23 bits per heavy atom. The number of benzene rings is 1. The number of fused-ring (bicyclic) bond motifs is 1. The van der Waals surface area contributed by atoms with E-state index in [9.17, 15) is 23.1 Å². The van der Waals surface area contributed by atoms with E-state index in [1.807, 2.05) is 38.1 Å². The molecule has 1 aliphatic rings. The Labute approximate surface area is 208 Å². The molecule has 2 amide bonds. The third-order valence-electron chi connectivity index (χ3n) is 6.16. The molecular weight excluding hydrogens is 472 g/mol. The minimum atomic E-state index is -3.61. The standard InChI is InChI=1S/C24H40N4O6S/c1-23(2,3)35(32,33)26-14-20(29)18(25)12-24(4,5)13-21(30)28-15-17(27-22(31)34-6)11-16-9-7-8-10-19(16)28/h7-10,17-18,20,26,29H,11-15,25H2,1-6H3,(H,27,31)/t17?,18-,20-/m0/s1. The summed E-state index contributed by atoms with van der Waals surface area (Å²) in [5, 5.41) is 13.2. The third-order valence-corrected chi connectivity index (χ3v) is 8.32. The van der Waals surface area contributed by atoms with Gasteiger partial charge in [0.1, 0.15) is 0 Å². The Morgan fingerprint density at radius 3 is 2.46 bits per heavy atom. The molecule has 0 bridgehead atoms. The van der Waals surface area contributed by atoms with Crippen LogP contribution in [-0.4, -0.2) is 68.7 Å². The number of para-hydroxylation sites is 1. The van der Waals surface area contributed by atoms with Crippen LogP contribution in [0.1, 0.15) is 53.0 Å². The van der Waals surface area contributed by atoms with E-state index in [1.54, 1.807) is 25.7 Å². The fourth-order valence-corrected chi connectivity index (χ4v) is 4.89. The van der Waals surface area contributed by atoms with Gasteiger partial charge in [-0.3, -0.25) is 4.79 Å². The summed E-state index contributed by atoms with van der Waals surface area (Å²) in [6.45, 7) is 8.59. The van der Waals surface area contributed by atoms with E-state index >= 15 is 0 Å². The topological polar surface area (TPSA) is 151 Å². The van der Waals surface area contributed by atoms with Gasteiger partial charge in [-0.1, -0.05) is 32.0 Å². The van der Waals surface area contributed by atoms with Gasteiger partial charge < -0.3 is 25.8 Å². The number of nitrogens with one attached hydrogen (secondary N) is 2. The molecule has 0 aromatic heterocycles. The lowest BCUT2D eigenvalue weighted by Gasteiger charge is -2.37. The van der Waals surface area contributed by atoms with E-state index < -0.39 is 38.4 Å². The van der Waals surface area contributed by atoms with E-state index in [4.69, 9.17) is 10.5 Å². The Morgan fingerprint density at radius 2 is 1.86 bits per heavy atom. The van der Waals surface area contributed by atoms with Crippen molar-refractivity contribution in [3.05, 3.63) is 29.8 Å². The number of alkyl carbamates (subject to hydrolysis) is 1. The summed E-state index contributed by atoms with van der Waals surface area (Å²) in [6.07, 6.45) is -0.619. The van der Waals surface area contributed by atoms with E-state index in [0.29, 0.717) is 19.4 Å². The molecule has 0 saturated heterocycles. The Balaban J connectivity index is 2.05. The average molecular weight is 513 g/mol. The van der Waals surface area contributed by atoms with Gasteiger partial charge in [-0.25, -0.2) is 17.9 Å². The molecule has 0 spiro atoms. The van der Waals surface area contributed by atoms with Crippen LogP contribution in [0, 0.1) is 5.41 Å². The van der Waals surface area contributed by atoms with Crippen LogP contribution in [0.3, 0.4) is 0 Å². The van der Waals surface area contributed by atoms with Crippen LogP contribution in [-0.2, 0) is 26.0 Å². The zero-order valence-corrected chi connectivity index (χ0v) is 22.3. The molecule has 0 fully saturated rings. The van der Waals surface area contributed by atoms with Crippen molar-refractivity contribution in [2.75, 3.05) is 25.1 Å². The SMILES string of the molecule is COC(=O)NC1Cc2ccccc2N(C(=O)CC(C)(C)C[C@H](N)[C@@H](O)CNS(=O)(=O)C(C)(C)C)C1. The molecule has 35 heavy (non-hydrogen) atoms. The minimum Gasteiger partial charge on any atom is -0.453 e. The molecule has 0 saturated carbocycles. The van der Waals surface area contributed by atoms with E-state index in [2.05, 4.69) is 10.0 Å². The number of rotatable bonds is 9. The Hall–Kier alpha value is -2.21. The van der Waals surface area contributed by atoms with E-state index in [0.717, 1.165) is 11.3 Å². The number of aliphatic hydroxyl groups is 1. The molecule has 1 aromatic carbocycles. The lowest BCUT2D eigenvalue weighted by molar-refractivity contribution is -0.120. The predicted octanol–water partition coefficient (Wildman–Crippen LogP) is 1.51. The van der Waals surface area contributed by atoms with Crippen molar-refractivity contribution in [1.82, 2.24) is 10.0 Å². The highest BCUT2D eigenvalue weighted by molar-refractivity contribution is 7.90. The number of sulfonamides is 1. The lowest BCUT2D eigenvalue weighted by atomic mass is 9.80. The zero-order chi connectivity index (χ0) is 26.6. The molecule has 1 aromatic rings. The number of carbonyl (C=O) groups excluding carboxylic acids is 2. The van der Waals surface area contributed by atoms with Crippen LogP contribution in [0.25, 0.3) is 0 Å². The number of anilines is 1. The normalized spacial score (nSPS) is 18.4. The third kappa shape index (κ3) is 7.89. The van der Waals surface area contributed by atoms with Gasteiger partial charge in [-0.2, -0.15) is 0 Å². The van der Waals surface area contributed by atoms with Gasteiger partial charge in [-0.15, -0.1) is 0 Å². The van der Waals surface area contributed by atoms with Crippen molar-refractivity contribution in [3.63, 3.8) is 0 Å². The van der Waals surface area contributed by atoms with Crippen LogP contribution < -0.4 is 20.7 Å². The van der Waals surface area contributed by atoms with Crippen molar-refractivity contribution >= 4 is 27.7 Å². The number of hydrogen-bond donors (Lipinski definition) is 4. The first-order valence-electron chi connectivity index (χ1n) is 11.7. The number of hydrogen-bond acceptors (Lipinski definition) is 7. The van der Waals surface area contributed by atoms with Crippen molar-refractivity contribution in [2.24, 2.45) is 11.1 Å². The second-order valence-corrected chi connectivity index (χ2v) is 13.4. The van der Waals surface area contributed by atoms with Crippen molar-refractivity contribution in [3.8, 4) is 0 Å². The van der Waals surface area contributed by atoms with Crippen LogP contribution >= 0.6 is 0 Å². The number of methoxy groups -OCH3 is 1. The summed E-state index contributed by atoms with van der Waals surface area (Å²) < 4.78 is 30.6. The maximum Gasteiger partial charge on any atom is 0.407 e. The smallest absolute Gasteiger partial charge is 0.407 e. The molecule has 11 heteroatoms. The maximum atomic E-state index is 13.4. The molecule has 198 valence electrons. The highest BCUT2D eigenvalue weighted by atomic mass is 32.2. The zero-order valence-electron chi connectivity index (χ0n) is 21.5. The minimum absolute atomic E-state index is 0.131. The number of amides is 2. The second kappa shape index (κ2) is 11.2. The fraction of sp³-hybridized carbons (Fsp3) is 0.667. The summed E-state index contributed by atoms with van der Waals surface area (Å²) in [5.74, 6) is -0.131. The number of nitrogens with zero attached hydrogens (tertiary/aromatic N) is 1. The first kappa shape index (κ1) is 29.0. The average Bonchev–Trinajstić information content (AvgIpc) is 2.75. The van der Waals surface area contributed by atoms with E-state index in [-0.39, 0.29) is 24.9 Å². The molecule has 1 unspecified atom stereocenters. The quantitative estimate of drug-likeness (QED) is 0.391. The Bertz CT molecular complexity index is 1010. The number of carbonyl (C=O) groups is 2. The first-order chi connectivity index (χ1) is 16.1. The van der Waals surface area contributed by atoms with Gasteiger partial charge in [0, 0.05) is 31.2 Å². The van der Waals surface area contributed by atoms with Crippen LogP contribution in [0.15, 0.2) is 24.3 Å². The van der Waals surface area contributed by atoms with Gasteiger partial charge in [0.25, 0.3) is 0 Å². The fourth-order valence-electron chi connectivity index (χ4n) is 4.07. The summed E-state index contributed by atoms with van der Waals surface area (Å²) in [6, 6.07) is 6.54. The molecular formula is C24H40N4O6S. The molecule has 2 rings (SSSR count). The molecule has 1 heterocycles. The predicted molar refractivity (Wildman–Crippen MR) is 136 cm³/mol. The van der Waals surface area contributed by atoms with Crippen LogP contribution in [0.2, 0.25) is 0 Å². The van der Waals surface area contributed by atoms with Crippen molar-refractivity contribution in [1.29, 1.82) is 0 Å². The molecule has 0 aliphatic carbocycles. The highest BCUT2D eigenvalue weighted by Crippen LogP contribution is 2.32. The number of ether oxygens (including phenoxy) is 1. The maximum absolute atomic E-state index is 13.4. The summed E-state index contributed by atoms with van der Waals surface area (Å²) >= 11 is 0. The molecule has 1 aliphatic heterocycles. The molecule has 5 N–H and O–H groups in total. The van der Waals surface area contributed by atoms with Gasteiger partial charge in [0.2, 0.25) is 15.9 Å². The summed E-state index contributed by atoms with van der Waals surface area (Å²) in [4.78, 5) is 26.8. The summed E-state index contributed by atoms with van der Waals surface area (Å²) in [5.41, 5.74) is 7.37. The van der Waals surface area contributed by atoms with Gasteiger partial charge in [-0.05, 0) is 50.7 Å². The largest absolute Gasteiger partial charge is 0.453 e. The molecule has 0 radical (unpaired) electrons. The van der Waals surface area contributed by atoms with Gasteiger partial charge in [0.15, 0.2) is 0 Å². The second-order valence-electron chi connectivity index (χ2n) is 10.9. The monoisotopic (exact) mass is 512 g/mol. The van der Waals surface area contributed by atoms with Crippen molar-refractivity contribution in [2.45, 2.75) is 76.8 Å². The Kier molecular flexibility index (Phi) is 9.32.